The largest absolute Gasteiger partial charge is 0.462 e. The van der Waals surface area contributed by atoms with Crippen molar-refractivity contribution in [3.8, 4) is 0 Å². The number of hydrogen-bond donors (Lipinski definition) is 0. The molecule has 34 heteroatoms. The molecule has 0 rings (SSSR count). The third-order valence-electron chi connectivity index (χ3n) is 17.9. The highest BCUT2D eigenvalue weighted by molar-refractivity contribution is 8.01. The Kier molecular flexibility index (Phi) is 78.7. The van der Waals surface area contributed by atoms with Gasteiger partial charge in [-0.3, -0.25) is 62.4 Å². The topological polar surface area (TPSA) is 329 Å². The van der Waals surface area contributed by atoms with Gasteiger partial charge in [0.05, 0.1) is 70.0 Å². The Morgan fingerprint density at radius 2 is 0.331 bits per heavy atom. The van der Waals surface area contributed by atoms with Crippen molar-refractivity contribution < 1.29 is 114 Å². The Bertz CT molecular complexity index is 2590. The highest BCUT2D eigenvalue weighted by atomic mass is 32.2. The molecule has 0 heterocycles. The van der Waals surface area contributed by atoms with Gasteiger partial charge in [-0.15, -0.1) is 70.6 Å². The third-order valence-corrected chi connectivity index (χ3v) is 24.4. The van der Waals surface area contributed by atoms with E-state index >= 15 is 0 Å². The Morgan fingerprint density at radius 1 is 0.202 bits per heavy atom. The van der Waals surface area contributed by atoms with Crippen LogP contribution in [0.4, 0.5) is 0 Å². The molecule has 0 aliphatic carbocycles. The molecule has 0 aliphatic rings. The van der Waals surface area contributed by atoms with Gasteiger partial charge in [0.25, 0.3) is 0 Å². The van der Waals surface area contributed by atoms with Crippen LogP contribution in [0.2, 0.25) is 0 Å². The maximum Gasteiger partial charge on any atom is 0.318 e. The van der Waals surface area contributed by atoms with Gasteiger partial charge in [-0.1, -0.05) is 153 Å². The molecule has 0 saturated heterocycles. The summed E-state index contributed by atoms with van der Waals surface area (Å²) in [6.45, 7) is 22.6. The fraction of sp³-hybridized carbons (Fsp3) is 0.733. The summed E-state index contributed by atoms with van der Waals surface area (Å²) in [6, 6.07) is 0. The van der Waals surface area contributed by atoms with E-state index in [0.29, 0.717) is 34.5 Å². The van der Waals surface area contributed by atoms with E-state index in [-0.39, 0.29) is 196 Å². The summed E-state index contributed by atoms with van der Waals surface area (Å²) in [5.74, 6) is -2.50. The van der Waals surface area contributed by atoms with Crippen molar-refractivity contribution in [3.63, 3.8) is 0 Å². The summed E-state index contributed by atoms with van der Waals surface area (Å²) in [5, 5.41) is -2.74. The van der Waals surface area contributed by atoms with Gasteiger partial charge in [0.2, 0.25) is 0 Å². The van der Waals surface area contributed by atoms with Gasteiger partial charge in [-0.05, 0) is 80.1 Å². The van der Waals surface area contributed by atoms with E-state index in [1.807, 2.05) is 51.2 Å². The number of esters is 12. The first-order chi connectivity index (χ1) is 59.8. The SMILES string of the molecule is CCC/C=C/CSC(C)C(=O)OCCOC(=O)CCN(CCC(=O)OCCOC(=O)C(C)SC/C=C/CCC)CCN(CCN(CCC(=O)OCCOC(=O)C(C)SC/C=C/CCC)CCC(=O)OCCOC(=O)C(C)SC/C=C/CCC)CCN(CCC(=O)OCCOC(=O)C(C)SC/C=C/CCC)CCC(=O)OCCOC(=O)C(C)SC/C=C/CCC. The summed E-state index contributed by atoms with van der Waals surface area (Å²) >= 11 is 8.54. The van der Waals surface area contributed by atoms with Gasteiger partial charge < -0.3 is 71.5 Å². The lowest BCUT2D eigenvalue weighted by Gasteiger charge is -2.32. The number of nitrogens with zero attached hydrogens (tertiary/aromatic N) is 4. The van der Waals surface area contributed by atoms with Crippen LogP contribution in [0.3, 0.4) is 0 Å². The molecule has 6 unspecified atom stereocenters. The van der Waals surface area contributed by atoms with Crippen LogP contribution in [0.15, 0.2) is 72.9 Å². The minimum absolute atomic E-state index is 0.0795. The van der Waals surface area contributed by atoms with E-state index in [1.54, 1.807) is 41.5 Å². The predicted octanol–water partition coefficient (Wildman–Crippen LogP) is 13.9. The van der Waals surface area contributed by atoms with Crippen molar-refractivity contribution in [2.24, 2.45) is 0 Å². The highest BCUT2D eigenvalue weighted by Gasteiger charge is 2.24. The van der Waals surface area contributed by atoms with Gasteiger partial charge in [-0.25, -0.2) is 0 Å². The quantitative estimate of drug-likeness (QED) is 0.0236. The Hall–Kier alpha value is -5.98. The zero-order valence-corrected chi connectivity index (χ0v) is 81.3. The number of thioether (sulfide) groups is 6. The smallest absolute Gasteiger partial charge is 0.318 e. The van der Waals surface area contributed by atoms with Crippen molar-refractivity contribution in [1.82, 2.24) is 19.6 Å². The minimum atomic E-state index is -0.602. The van der Waals surface area contributed by atoms with E-state index < -0.39 is 103 Å². The van der Waals surface area contributed by atoms with Crippen LogP contribution in [0.1, 0.15) is 199 Å². The second-order valence-electron chi connectivity index (χ2n) is 28.6. The first-order valence-corrected chi connectivity index (χ1v) is 50.6. The average Bonchev–Trinajstić information content (AvgIpc) is 0.911. The van der Waals surface area contributed by atoms with Crippen LogP contribution >= 0.6 is 70.6 Å². The molecular formula is C90H150N4O24S6. The van der Waals surface area contributed by atoms with E-state index in [2.05, 4.69) is 82.9 Å². The molecule has 0 N–H and O–H groups in total. The molecule has 0 aromatic rings. The number of unbranched alkanes of at least 4 members (excludes halogenated alkanes) is 6. The maximum absolute atomic E-state index is 13.5. The zero-order chi connectivity index (χ0) is 91.9. The zero-order valence-electron chi connectivity index (χ0n) is 76.4. The van der Waals surface area contributed by atoms with Crippen LogP contribution in [-0.4, -0.2) is 315 Å². The maximum atomic E-state index is 13.5. The van der Waals surface area contributed by atoms with Crippen LogP contribution in [0.5, 0.6) is 0 Å². The predicted molar refractivity (Wildman–Crippen MR) is 501 cm³/mol. The summed E-state index contributed by atoms with van der Waals surface area (Å²) in [4.78, 5) is 166. The lowest BCUT2D eigenvalue weighted by atomic mass is 10.2. The monoisotopic (exact) mass is 1860 g/mol. The molecular weight excluding hydrogens is 1710 g/mol. The van der Waals surface area contributed by atoms with E-state index in [0.717, 1.165) is 77.0 Å². The Labute approximate surface area is 766 Å². The molecule has 0 saturated carbocycles. The Morgan fingerprint density at radius 3 is 0.468 bits per heavy atom. The number of ether oxygens (including phenoxy) is 12. The van der Waals surface area contributed by atoms with Crippen molar-refractivity contribution in [1.29, 1.82) is 0 Å². The van der Waals surface area contributed by atoms with Crippen LogP contribution in [0.25, 0.3) is 0 Å². The molecule has 0 spiro atoms. The molecule has 0 aliphatic heterocycles. The van der Waals surface area contributed by atoms with Crippen LogP contribution in [-0.2, 0) is 114 Å². The molecule has 6 atom stereocenters. The van der Waals surface area contributed by atoms with Gasteiger partial charge >= 0.3 is 71.6 Å². The van der Waals surface area contributed by atoms with E-state index in [1.165, 1.54) is 70.6 Å². The summed E-state index contributed by atoms with van der Waals surface area (Å²) < 4.78 is 65.9. The fourth-order valence-electron chi connectivity index (χ4n) is 10.3. The highest BCUT2D eigenvalue weighted by Crippen LogP contribution is 2.19. The fourth-order valence-corrected chi connectivity index (χ4v) is 14.8. The molecule has 0 bridgehead atoms. The lowest BCUT2D eigenvalue weighted by molar-refractivity contribution is -0.152. The molecule has 0 amide bonds. The molecule has 710 valence electrons. The first-order valence-electron chi connectivity index (χ1n) is 44.3. The van der Waals surface area contributed by atoms with Crippen LogP contribution in [0, 0.1) is 0 Å². The van der Waals surface area contributed by atoms with E-state index in [4.69, 9.17) is 56.8 Å². The summed E-state index contributed by atoms with van der Waals surface area (Å²) in [5.41, 5.74) is 0. The van der Waals surface area contributed by atoms with Crippen LogP contribution < -0.4 is 0 Å². The average molecular weight is 1860 g/mol. The molecule has 0 radical (unpaired) electrons. The van der Waals surface area contributed by atoms with Gasteiger partial charge in [0.15, 0.2) is 0 Å². The molecule has 124 heavy (non-hydrogen) atoms. The number of hydrogen-bond acceptors (Lipinski definition) is 34. The first kappa shape index (κ1) is 118. The second kappa shape index (κ2) is 82.7. The van der Waals surface area contributed by atoms with Gasteiger partial charge in [-0.2, -0.15) is 0 Å². The third kappa shape index (κ3) is 71.0. The number of rotatable bonds is 81. The normalized spacial score (nSPS) is 13.3. The summed E-state index contributed by atoms with van der Waals surface area (Å²) in [6.07, 6.45) is 35.2. The number of carbonyl (C=O) groups is 12. The molecule has 28 nitrogen and oxygen atoms in total. The van der Waals surface area contributed by atoms with E-state index in [9.17, 15) is 57.5 Å². The van der Waals surface area contributed by atoms with Gasteiger partial charge in [0.1, 0.15) is 79.3 Å². The van der Waals surface area contributed by atoms with Crippen molar-refractivity contribution >= 4 is 142 Å². The molecule has 0 aromatic heterocycles. The summed E-state index contributed by atoms with van der Waals surface area (Å²) in [7, 11) is 0. The Balaban J connectivity index is 7.52. The minimum Gasteiger partial charge on any atom is -0.462 e. The standard InChI is InChI=1S/C90H150N4O24S6/c1-13-19-25-31-67-119-73(7)85(101)113-61-55-107-79(95)37-43-91(44-38-80(96)108-56-62-114-86(102)74(8)120-68-32-26-20-14-2)49-52-94(53-50-92(45-39-81(97)109-57-63-115-87(103)75(9)121-69-33-27-21-15-3)46-40-82(98)110-58-64-116-88(104)76(10)122-70-34-28-22-16-4)54-51-93(47-41-83(99)111-59-65-117-89(105)77(11)123-71-35-29-23-17-5)48-42-84(100)112-60-66-118-90(106)78(12)124-72-36-30-24-18-6/h25-36,73-78H,13-24,37-72H2,1-12H3/b31-25+,32-26+,33-27+,34-28+,35-29+,36-30+. The van der Waals surface area contributed by atoms with Crippen molar-refractivity contribution in [2.75, 3.05) is 192 Å². The van der Waals surface area contributed by atoms with Crippen molar-refractivity contribution in [2.45, 2.75) is 230 Å². The van der Waals surface area contributed by atoms with Crippen molar-refractivity contribution in [3.05, 3.63) is 72.9 Å². The molecule has 0 fully saturated rings. The molecule has 0 aromatic carbocycles. The second-order valence-corrected chi connectivity index (χ2v) is 36.9. The number of allylic oxidation sites excluding steroid dienone is 6. The lowest BCUT2D eigenvalue weighted by Crippen LogP contribution is -2.45. The van der Waals surface area contributed by atoms with Gasteiger partial charge in [0, 0.05) is 113 Å². The number of carbonyl (C=O) groups excluding carboxylic acids is 12.